The van der Waals surface area contributed by atoms with E-state index in [0.29, 0.717) is 6.61 Å². The molecule has 2 amide bonds. The molecule has 16 heavy (non-hydrogen) atoms. The van der Waals surface area contributed by atoms with E-state index in [-0.39, 0.29) is 12.6 Å². The van der Waals surface area contributed by atoms with Crippen LogP contribution in [-0.4, -0.2) is 50.0 Å². The summed E-state index contributed by atoms with van der Waals surface area (Å²) >= 11 is 0. The predicted molar refractivity (Wildman–Crippen MR) is 53.2 cm³/mol. The van der Waals surface area contributed by atoms with Crippen LogP contribution in [0, 0.1) is 0 Å². The Morgan fingerprint density at radius 3 is 2.44 bits per heavy atom. The highest BCUT2D eigenvalue weighted by Gasteiger charge is 2.28. The zero-order valence-corrected chi connectivity index (χ0v) is 9.60. The highest BCUT2D eigenvalue weighted by Crippen LogP contribution is 2.12. The lowest BCUT2D eigenvalue weighted by Crippen LogP contribution is -2.43. The lowest BCUT2D eigenvalue weighted by molar-refractivity contribution is -0.123. The number of amides is 2. The fourth-order valence-electron chi connectivity index (χ4n) is 0.838. The third-order valence-electron chi connectivity index (χ3n) is 1.66. The van der Waals surface area contributed by atoms with Gasteiger partial charge in [0.15, 0.2) is 0 Å². The van der Waals surface area contributed by atoms with Crippen LogP contribution in [0.5, 0.6) is 0 Å². The Labute approximate surface area is 92.7 Å². The number of alkyl halides is 3. The molecule has 1 N–H and O–H groups in total. The summed E-state index contributed by atoms with van der Waals surface area (Å²) in [6.45, 7) is 2.91. The van der Waals surface area contributed by atoms with Crippen LogP contribution in [-0.2, 0) is 4.74 Å². The van der Waals surface area contributed by atoms with E-state index in [0.717, 1.165) is 4.90 Å². The molecule has 4 nitrogen and oxygen atoms in total. The van der Waals surface area contributed by atoms with E-state index in [4.69, 9.17) is 4.74 Å². The Morgan fingerprint density at radius 2 is 2.00 bits per heavy atom. The Kier molecular flexibility index (Phi) is 6.17. The zero-order chi connectivity index (χ0) is 12.8. The molecule has 96 valence electrons. The van der Waals surface area contributed by atoms with Gasteiger partial charge in [-0.05, 0) is 13.8 Å². The quantitative estimate of drug-likeness (QED) is 0.795. The molecule has 0 heterocycles. The Bertz CT molecular complexity index is 219. The smallest absolute Gasteiger partial charge is 0.377 e. The number of likely N-dealkylation sites (N-methyl/N-ethyl adjacent to an activating group) is 1. The van der Waals surface area contributed by atoms with Crippen molar-refractivity contribution in [3.05, 3.63) is 0 Å². The summed E-state index contributed by atoms with van der Waals surface area (Å²) in [6.07, 6.45) is -4.35. The number of carbonyl (C=O) groups excluding carboxylic acids is 1. The van der Waals surface area contributed by atoms with E-state index in [9.17, 15) is 18.0 Å². The number of nitrogens with zero attached hydrogens (tertiary/aromatic N) is 1. The summed E-state index contributed by atoms with van der Waals surface area (Å²) in [5.41, 5.74) is 0. The fraction of sp³-hybridized carbons (Fsp3) is 0.889. The third kappa shape index (κ3) is 8.34. The van der Waals surface area contributed by atoms with Gasteiger partial charge in [-0.25, -0.2) is 4.79 Å². The number of carbonyl (C=O) groups is 1. The highest BCUT2D eigenvalue weighted by atomic mass is 19.4. The summed E-state index contributed by atoms with van der Waals surface area (Å²) in [5, 5.41) is 1.77. The second-order valence-corrected chi connectivity index (χ2v) is 3.61. The molecule has 0 atom stereocenters. The van der Waals surface area contributed by atoms with Gasteiger partial charge in [0.25, 0.3) is 0 Å². The molecule has 0 radical (unpaired) electrons. The molecule has 0 aromatic rings. The van der Waals surface area contributed by atoms with Crippen molar-refractivity contribution in [2.45, 2.75) is 26.1 Å². The minimum atomic E-state index is -4.38. The molecule has 0 fully saturated rings. The van der Waals surface area contributed by atoms with Crippen molar-refractivity contribution >= 4 is 6.03 Å². The SMILES string of the molecule is CC(C)OCCN(C)C(=O)NCC(F)(F)F. The molecule has 7 heteroatoms. The number of urea groups is 1. The first-order chi connectivity index (χ1) is 7.22. The van der Waals surface area contributed by atoms with Gasteiger partial charge in [0, 0.05) is 13.6 Å². The van der Waals surface area contributed by atoms with Crippen molar-refractivity contribution in [2.24, 2.45) is 0 Å². The first-order valence-electron chi connectivity index (χ1n) is 4.89. The summed E-state index contributed by atoms with van der Waals surface area (Å²) < 4.78 is 40.5. The number of hydrogen-bond acceptors (Lipinski definition) is 2. The molecule has 0 bridgehead atoms. The van der Waals surface area contributed by atoms with E-state index >= 15 is 0 Å². The van der Waals surface area contributed by atoms with Gasteiger partial charge < -0.3 is 15.0 Å². The van der Waals surface area contributed by atoms with Gasteiger partial charge in [-0.15, -0.1) is 0 Å². The van der Waals surface area contributed by atoms with Crippen LogP contribution in [0.15, 0.2) is 0 Å². The summed E-state index contributed by atoms with van der Waals surface area (Å²) in [4.78, 5) is 12.3. The Balaban J connectivity index is 3.74. The normalized spacial score (nSPS) is 11.7. The van der Waals surface area contributed by atoms with Crippen molar-refractivity contribution in [1.29, 1.82) is 0 Å². The van der Waals surface area contributed by atoms with Crippen molar-refractivity contribution < 1.29 is 22.7 Å². The molecular formula is C9H17F3N2O2. The first-order valence-corrected chi connectivity index (χ1v) is 4.89. The minimum Gasteiger partial charge on any atom is -0.377 e. The Morgan fingerprint density at radius 1 is 1.44 bits per heavy atom. The lowest BCUT2D eigenvalue weighted by atomic mass is 10.5. The van der Waals surface area contributed by atoms with Crippen LogP contribution in [0.1, 0.15) is 13.8 Å². The van der Waals surface area contributed by atoms with Crippen molar-refractivity contribution in [1.82, 2.24) is 10.2 Å². The van der Waals surface area contributed by atoms with Crippen molar-refractivity contribution in [3.63, 3.8) is 0 Å². The third-order valence-corrected chi connectivity index (χ3v) is 1.66. The van der Waals surface area contributed by atoms with Gasteiger partial charge >= 0.3 is 12.2 Å². The molecule has 0 rings (SSSR count). The maximum atomic E-state index is 11.8. The van der Waals surface area contributed by atoms with Crippen molar-refractivity contribution in [2.75, 3.05) is 26.7 Å². The summed E-state index contributed by atoms with van der Waals surface area (Å²) in [7, 11) is 1.41. The molecule has 0 aliphatic rings. The molecule has 0 spiro atoms. The van der Waals surface area contributed by atoms with Gasteiger partial charge in [-0.1, -0.05) is 0 Å². The molecule has 0 aromatic heterocycles. The molecule has 0 saturated carbocycles. The monoisotopic (exact) mass is 242 g/mol. The largest absolute Gasteiger partial charge is 0.405 e. The summed E-state index contributed by atoms with van der Waals surface area (Å²) in [5.74, 6) is 0. The number of nitrogens with one attached hydrogen (secondary N) is 1. The second-order valence-electron chi connectivity index (χ2n) is 3.61. The van der Waals surface area contributed by atoms with Crippen molar-refractivity contribution in [3.8, 4) is 0 Å². The molecule has 0 unspecified atom stereocenters. The van der Waals surface area contributed by atoms with Crippen LogP contribution in [0.4, 0.5) is 18.0 Å². The minimum absolute atomic E-state index is 0.0339. The predicted octanol–water partition coefficient (Wildman–Crippen LogP) is 1.62. The van der Waals surface area contributed by atoms with Crippen LogP contribution in [0.2, 0.25) is 0 Å². The average Bonchev–Trinajstić information content (AvgIpc) is 2.12. The van der Waals surface area contributed by atoms with Gasteiger partial charge in [-0.3, -0.25) is 0 Å². The first kappa shape index (κ1) is 15.0. The average molecular weight is 242 g/mol. The number of halogens is 3. The molecule has 0 aliphatic heterocycles. The fourth-order valence-corrected chi connectivity index (χ4v) is 0.838. The van der Waals surface area contributed by atoms with Crippen LogP contribution >= 0.6 is 0 Å². The van der Waals surface area contributed by atoms with Gasteiger partial charge in [0.2, 0.25) is 0 Å². The van der Waals surface area contributed by atoms with Gasteiger partial charge in [0.05, 0.1) is 12.7 Å². The van der Waals surface area contributed by atoms with Gasteiger partial charge in [-0.2, -0.15) is 13.2 Å². The van der Waals surface area contributed by atoms with Crippen LogP contribution in [0.3, 0.4) is 0 Å². The topological polar surface area (TPSA) is 41.6 Å². The summed E-state index contributed by atoms with van der Waals surface area (Å²) in [6, 6.07) is -0.760. The molecule has 0 saturated heterocycles. The van der Waals surface area contributed by atoms with E-state index in [1.807, 2.05) is 13.8 Å². The highest BCUT2D eigenvalue weighted by molar-refractivity contribution is 5.73. The zero-order valence-electron chi connectivity index (χ0n) is 9.60. The van der Waals surface area contributed by atoms with Crippen LogP contribution in [0.25, 0.3) is 0 Å². The maximum Gasteiger partial charge on any atom is 0.405 e. The van der Waals surface area contributed by atoms with E-state index in [2.05, 4.69) is 0 Å². The van der Waals surface area contributed by atoms with E-state index < -0.39 is 18.8 Å². The van der Waals surface area contributed by atoms with E-state index in [1.165, 1.54) is 7.05 Å². The molecule has 0 aliphatic carbocycles. The van der Waals surface area contributed by atoms with Crippen LogP contribution < -0.4 is 5.32 Å². The number of hydrogen-bond donors (Lipinski definition) is 1. The number of rotatable bonds is 5. The Hall–Kier alpha value is -0.980. The van der Waals surface area contributed by atoms with Gasteiger partial charge in [0.1, 0.15) is 6.54 Å². The maximum absolute atomic E-state index is 11.8. The second kappa shape index (κ2) is 6.57. The molecule has 0 aromatic carbocycles. The van der Waals surface area contributed by atoms with E-state index in [1.54, 1.807) is 5.32 Å². The standard InChI is InChI=1S/C9H17F3N2O2/c1-7(2)16-5-4-14(3)8(15)13-6-9(10,11)12/h7H,4-6H2,1-3H3,(H,13,15). The lowest BCUT2D eigenvalue weighted by Gasteiger charge is -2.19. The molecular weight excluding hydrogens is 225 g/mol. The number of ether oxygens (including phenoxy) is 1.